The molecule has 6 rings (SSSR count). The summed E-state index contributed by atoms with van der Waals surface area (Å²) in [7, 11) is -2.87. The number of nitrogens with one attached hydrogen (secondary N) is 1. The second-order valence-corrected chi connectivity index (χ2v) is 10.8. The number of fused-ring (bicyclic) bond motifs is 1. The number of anilines is 1. The van der Waals surface area contributed by atoms with Gasteiger partial charge in [0.05, 0.1) is 0 Å². The molecular formula is C30H26N5O7P. The van der Waals surface area contributed by atoms with Gasteiger partial charge in [-0.1, -0.05) is 61.2 Å². The van der Waals surface area contributed by atoms with Crippen molar-refractivity contribution in [2.45, 2.75) is 18.4 Å². The fraction of sp³-hybridized carbons (Fsp3) is 0.133. The number of phosphoric ester groups is 1. The maximum atomic E-state index is 14.1. The van der Waals surface area contributed by atoms with E-state index in [1.54, 1.807) is 89.5 Å². The minimum Gasteiger partial charge on any atom is -0.469 e. The quantitative estimate of drug-likeness (QED) is 0.197. The van der Waals surface area contributed by atoms with Crippen LogP contribution in [0.25, 0.3) is 11.2 Å². The van der Waals surface area contributed by atoms with Crippen molar-refractivity contribution in [3.8, 4) is 11.5 Å². The molecule has 1 amide bonds. The molecule has 0 radical (unpaired) electrons. The average Bonchev–Trinajstić information content (AvgIpc) is 3.59. The third-order valence-electron chi connectivity index (χ3n) is 6.51. The molecule has 0 saturated carbocycles. The van der Waals surface area contributed by atoms with E-state index in [1.807, 2.05) is 6.07 Å². The van der Waals surface area contributed by atoms with Crippen LogP contribution in [0.15, 0.2) is 116 Å². The molecule has 2 aromatic heterocycles. The van der Waals surface area contributed by atoms with Crippen LogP contribution in [0.4, 0.5) is 5.82 Å². The molecule has 0 spiro atoms. The number of aromatic nitrogens is 4. The first-order chi connectivity index (χ1) is 20.9. The summed E-state index contributed by atoms with van der Waals surface area (Å²) < 4.78 is 45.1. The number of carbonyl (C=O) groups is 1. The Morgan fingerprint density at radius 2 is 1.51 bits per heavy atom. The topological polar surface area (TPSA) is 136 Å². The van der Waals surface area contributed by atoms with E-state index in [1.165, 1.54) is 19.8 Å². The maximum Gasteiger partial charge on any atom is 0.588 e. The summed E-state index contributed by atoms with van der Waals surface area (Å²) in [6.07, 6.45) is -0.0678. The van der Waals surface area contributed by atoms with Gasteiger partial charge in [0, 0.05) is 12.7 Å². The van der Waals surface area contributed by atoms with E-state index in [0.717, 1.165) is 0 Å². The first kappa shape index (κ1) is 28.1. The average molecular weight is 600 g/mol. The molecule has 1 fully saturated rings. The Balaban J connectivity index is 1.28. The van der Waals surface area contributed by atoms with E-state index < -0.39 is 26.3 Å². The summed E-state index contributed by atoms with van der Waals surface area (Å²) in [5, 5.41) is 2.78. The van der Waals surface area contributed by atoms with Gasteiger partial charge in [-0.2, -0.15) is 0 Å². The highest BCUT2D eigenvalue weighted by Crippen LogP contribution is 2.54. The standard InChI is InChI=1S/C30H26N5O7P/c1-20-25(42-43(37,40-22-14-8-4-9-15-22)41-23-16-10-5-11-17-23)26(38-2)30(39-20)35-19-33-24-27(31-18-32-28(24)35)34-29(36)21-12-6-3-7-13-21/h3-19,25-26,30H,1H2,2H3,(H,31,32,34,36)/t25-,26-,30-/m1/s1. The molecule has 1 aliphatic heterocycles. The molecule has 43 heavy (non-hydrogen) atoms. The van der Waals surface area contributed by atoms with Crippen molar-refractivity contribution in [2.75, 3.05) is 12.4 Å². The van der Waals surface area contributed by atoms with Crippen molar-refractivity contribution < 1.29 is 32.4 Å². The van der Waals surface area contributed by atoms with Crippen LogP contribution < -0.4 is 14.4 Å². The molecule has 3 atom stereocenters. The van der Waals surface area contributed by atoms with Crippen LogP contribution in [-0.4, -0.2) is 44.7 Å². The van der Waals surface area contributed by atoms with Crippen molar-refractivity contribution in [2.24, 2.45) is 0 Å². The van der Waals surface area contributed by atoms with Crippen LogP contribution in [-0.2, 0) is 18.6 Å². The smallest absolute Gasteiger partial charge is 0.469 e. The molecule has 3 aromatic carbocycles. The van der Waals surface area contributed by atoms with E-state index in [9.17, 15) is 9.36 Å². The lowest BCUT2D eigenvalue weighted by molar-refractivity contribution is -0.0379. The molecule has 0 aliphatic carbocycles. The molecule has 1 saturated heterocycles. The molecule has 1 aliphatic rings. The third kappa shape index (κ3) is 5.98. The first-order valence-corrected chi connectivity index (χ1v) is 14.6. The second-order valence-electron chi connectivity index (χ2n) is 9.32. The van der Waals surface area contributed by atoms with Gasteiger partial charge in [0.2, 0.25) is 6.23 Å². The lowest BCUT2D eigenvalue weighted by atomic mass is 10.2. The number of ether oxygens (including phenoxy) is 2. The number of hydrogen-bond acceptors (Lipinski definition) is 10. The van der Waals surface area contributed by atoms with Gasteiger partial charge in [-0.05, 0) is 36.4 Å². The van der Waals surface area contributed by atoms with Gasteiger partial charge in [0.1, 0.15) is 36.0 Å². The monoisotopic (exact) mass is 599 g/mol. The molecule has 1 N–H and O–H groups in total. The molecule has 5 aromatic rings. The summed E-state index contributed by atoms with van der Waals surface area (Å²) >= 11 is 0. The molecular weight excluding hydrogens is 573 g/mol. The Morgan fingerprint density at radius 3 is 2.12 bits per heavy atom. The number of methoxy groups -OCH3 is 1. The van der Waals surface area contributed by atoms with Crippen LogP contribution in [0.2, 0.25) is 0 Å². The van der Waals surface area contributed by atoms with Crippen molar-refractivity contribution in [1.29, 1.82) is 0 Å². The summed E-state index contributed by atoms with van der Waals surface area (Å²) in [4.78, 5) is 25.8. The largest absolute Gasteiger partial charge is 0.588 e. The van der Waals surface area contributed by atoms with Crippen molar-refractivity contribution in [3.05, 3.63) is 122 Å². The van der Waals surface area contributed by atoms with Crippen molar-refractivity contribution in [1.82, 2.24) is 19.5 Å². The summed E-state index contributed by atoms with van der Waals surface area (Å²) in [5.74, 6) is 0.543. The van der Waals surface area contributed by atoms with E-state index in [4.69, 9.17) is 23.0 Å². The van der Waals surface area contributed by atoms with Crippen molar-refractivity contribution in [3.63, 3.8) is 0 Å². The van der Waals surface area contributed by atoms with Crippen LogP contribution in [0.1, 0.15) is 16.6 Å². The number of amides is 1. The Hall–Kier alpha value is -5.03. The minimum atomic E-state index is -4.32. The zero-order valence-electron chi connectivity index (χ0n) is 22.8. The SMILES string of the molecule is C=C1O[C@@H](n2cnc3c(NC(=O)c4ccccc4)ncnc32)[C@H](OC)[C@@H]1OP(=O)(Oc1ccccc1)Oc1ccccc1. The Kier molecular flexibility index (Phi) is 7.89. The van der Waals surface area contributed by atoms with Crippen LogP contribution >= 0.6 is 7.82 Å². The zero-order valence-corrected chi connectivity index (χ0v) is 23.7. The fourth-order valence-electron chi connectivity index (χ4n) is 4.52. The van der Waals surface area contributed by atoms with Gasteiger partial charge in [0.25, 0.3) is 5.91 Å². The van der Waals surface area contributed by atoms with Gasteiger partial charge in [-0.3, -0.25) is 13.9 Å². The number of benzene rings is 3. The second kappa shape index (κ2) is 12.1. The van der Waals surface area contributed by atoms with E-state index >= 15 is 0 Å². The first-order valence-electron chi connectivity index (χ1n) is 13.1. The number of hydrogen-bond donors (Lipinski definition) is 1. The predicted octanol–water partition coefficient (Wildman–Crippen LogP) is 5.79. The number of imidazole rings is 1. The van der Waals surface area contributed by atoms with Gasteiger partial charge in [-0.25, -0.2) is 19.5 Å². The normalized spacial score (nSPS) is 18.3. The van der Waals surface area contributed by atoms with Crippen molar-refractivity contribution >= 4 is 30.7 Å². The van der Waals surface area contributed by atoms with Crippen LogP contribution in [0.5, 0.6) is 11.5 Å². The highest BCUT2D eigenvalue weighted by atomic mass is 31.2. The zero-order chi connectivity index (χ0) is 29.8. The van der Waals surface area contributed by atoms with E-state index in [0.29, 0.717) is 16.7 Å². The lowest BCUT2D eigenvalue weighted by Crippen LogP contribution is -2.32. The number of carbonyl (C=O) groups excluding carboxylic acids is 1. The summed E-state index contributed by atoms with van der Waals surface area (Å²) in [6, 6.07) is 25.8. The lowest BCUT2D eigenvalue weighted by Gasteiger charge is -2.25. The highest BCUT2D eigenvalue weighted by molar-refractivity contribution is 7.49. The Labute approximate surface area is 246 Å². The summed E-state index contributed by atoms with van der Waals surface area (Å²) in [6.45, 7) is 3.98. The van der Waals surface area contributed by atoms with Gasteiger partial charge in [0.15, 0.2) is 23.1 Å². The highest BCUT2D eigenvalue weighted by Gasteiger charge is 2.49. The molecule has 12 nitrogen and oxygen atoms in total. The molecule has 13 heteroatoms. The van der Waals surface area contributed by atoms with E-state index in [-0.39, 0.29) is 29.0 Å². The summed E-state index contributed by atoms with van der Waals surface area (Å²) in [5.41, 5.74) is 1.14. The minimum absolute atomic E-state index is 0.124. The third-order valence-corrected chi connectivity index (χ3v) is 7.86. The van der Waals surface area contributed by atoms with Gasteiger partial charge < -0.3 is 23.8 Å². The predicted molar refractivity (Wildman–Crippen MR) is 156 cm³/mol. The number of para-hydroxylation sites is 2. The Morgan fingerprint density at radius 1 is 0.907 bits per heavy atom. The van der Waals surface area contributed by atoms with Gasteiger partial charge in [-0.15, -0.1) is 0 Å². The number of rotatable bonds is 10. The maximum absolute atomic E-state index is 14.1. The van der Waals surface area contributed by atoms with Gasteiger partial charge >= 0.3 is 7.82 Å². The van der Waals surface area contributed by atoms with Crippen LogP contribution in [0.3, 0.4) is 0 Å². The number of phosphoric acid groups is 1. The molecule has 0 bridgehead atoms. The molecule has 0 unspecified atom stereocenters. The number of nitrogens with zero attached hydrogens (tertiary/aromatic N) is 4. The molecule has 3 heterocycles. The molecule has 218 valence electrons. The van der Waals surface area contributed by atoms with E-state index in [2.05, 4.69) is 26.8 Å². The van der Waals surface area contributed by atoms with Crippen LogP contribution in [0, 0.1) is 0 Å². The Bertz CT molecular complexity index is 1740. The fourth-order valence-corrected chi connectivity index (χ4v) is 5.92.